The SMILES string of the molecule is CNC(=O)c1cc(Cl)cc(C)c1NC(=O)C1=CN(c2ncccc2Cl)CC(Br)=C1. The maximum absolute atomic E-state index is 13.0. The van der Waals surface area contributed by atoms with Gasteiger partial charge in [0.05, 0.1) is 28.4 Å². The van der Waals surface area contributed by atoms with Crippen molar-refractivity contribution in [1.82, 2.24) is 10.3 Å². The highest BCUT2D eigenvalue weighted by Crippen LogP contribution is 2.30. The van der Waals surface area contributed by atoms with Crippen LogP contribution in [0, 0.1) is 6.92 Å². The summed E-state index contributed by atoms with van der Waals surface area (Å²) in [6.07, 6.45) is 5.01. The average molecular weight is 496 g/mol. The van der Waals surface area contributed by atoms with Crippen molar-refractivity contribution in [2.24, 2.45) is 0 Å². The van der Waals surface area contributed by atoms with Gasteiger partial charge in [-0.2, -0.15) is 0 Å². The monoisotopic (exact) mass is 494 g/mol. The molecule has 29 heavy (non-hydrogen) atoms. The highest BCUT2D eigenvalue weighted by atomic mass is 79.9. The van der Waals surface area contributed by atoms with E-state index in [-0.39, 0.29) is 17.4 Å². The summed E-state index contributed by atoms with van der Waals surface area (Å²) in [5, 5.41) is 6.27. The minimum absolute atomic E-state index is 0.287. The fourth-order valence-electron chi connectivity index (χ4n) is 2.89. The van der Waals surface area contributed by atoms with E-state index < -0.39 is 0 Å². The molecule has 0 spiro atoms. The minimum atomic E-state index is -0.380. The number of nitrogens with one attached hydrogen (secondary N) is 2. The quantitative estimate of drug-likeness (QED) is 0.645. The molecule has 0 fully saturated rings. The van der Waals surface area contributed by atoms with E-state index in [1.54, 1.807) is 48.5 Å². The molecule has 2 aromatic rings. The number of aryl methyl sites for hydroxylation is 1. The molecule has 0 atom stereocenters. The number of pyridine rings is 1. The Balaban J connectivity index is 1.95. The summed E-state index contributed by atoms with van der Waals surface area (Å²) in [6, 6.07) is 6.67. The first-order valence-corrected chi connectivity index (χ1v) is 10.1. The fourth-order valence-corrected chi connectivity index (χ4v) is 3.90. The predicted octanol–water partition coefficient (Wildman–Crippen LogP) is 4.68. The van der Waals surface area contributed by atoms with Crippen molar-refractivity contribution in [2.75, 3.05) is 23.8 Å². The van der Waals surface area contributed by atoms with Gasteiger partial charge in [-0.15, -0.1) is 0 Å². The molecule has 1 aromatic carbocycles. The lowest BCUT2D eigenvalue weighted by Gasteiger charge is -2.25. The lowest BCUT2D eigenvalue weighted by atomic mass is 10.1. The average Bonchev–Trinajstić information content (AvgIpc) is 2.68. The summed E-state index contributed by atoms with van der Waals surface area (Å²) < 4.78 is 0.784. The van der Waals surface area contributed by atoms with E-state index in [9.17, 15) is 9.59 Å². The number of amides is 2. The Hall–Kier alpha value is -2.35. The van der Waals surface area contributed by atoms with E-state index in [1.807, 2.05) is 0 Å². The van der Waals surface area contributed by atoms with E-state index in [0.717, 1.165) is 4.48 Å². The van der Waals surface area contributed by atoms with Crippen molar-refractivity contribution >= 4 is 62.5 Å². The molecule has 0 bridgehead atoms. The zero-order chi connectivity index (χ0) is 21.1. The van der Waals surface area contributed by atoms with E-state index in [0.29, 0.717) is 39.2 Å². The van der Waals surface area contributed by atoms with E-state index in [1.165, 1.54) is 13.1 Å². The maximum Gasteiger partial charge on any atom is 0.257 e. The number of rotatable bonds is 4. The fraction of sp³-hybridized carbons (Fsp3) is 0.150. The Morgan fingerprint density at radius 2 is 2.00 bits per heavy atom. The second-order valence-electron chi connectivity index (χ2n) is 6.29. The van der Waals surface area contributed by atoms with Gasteiger partial charge in [-0.1, -0.05) is 39.1 Å². The summed E-state index contributed by atoms with van der Waals surface area (Å²) in [4.78, 5) is 31.3. The van der Waals surface area contributed by atoms with Gasteiger partial charge in [-0.05, 0) is 42.8 Å². The molecule has 2 heterocycles. The second kappa shape index (κ2) is 8.98. The number of carbonyl (C=O) groups excluding carboxylic acids is 2. The van der Waals surface area contributed by atoms with E-state index >= 15 is 0 Å². The van der Waals surface area contributed by atoms with Gasteiger partial charge in [-0.25, -0.2) is 4.98 Å². The summed E-state index contributed by atoms with van der Waals surface area (Å²) in [6.45, 7) is 2.26. The largest absolute Gasteiger partial charge is 0.355 e. The summed E-state index contributed by atoms with van der Waals surface area (Å²) >= 11 is 15.8. The minimum Gasteiger partial charge on any atom is -0.355 e. The molecular weight excluding hydrogens is 479 g/mol. The smallest absolute Gasteiger partial charge is 0.257 e. The molecule has 9 heteroatoms. The first kappa shape index (κ1) is 21.4. The third-order valence-corrected chi connectivity index (χ3v) is 5.21. The van der Waals surface area contributed by atoms with Crippen LogP contribution in [-0.4, -0.2) is 30.4 Å². The second-order valence-corrected chi connectivity index (χ2v) is 8.15. The van der Waals surface area contributed by atoms with Crippen LogP contribution in [0.4, 0.5) is 11.5 Å². The van der Waals surface area contributed by atoms with Crippen molar-refractivity contribution in [3.63, 3.8) is 0 Å². The van der Waals surface area contributed by atoms with Gasteiger partial charge in [0.1, 0.15) is 0 Å². The van der Waals surface area contributed by atoms with Gasteiger partial charge in [0, 0.05) is 28.9 Å². The first-order valence-electron chi connectivity index (χ1n) is 8.58. The molecule has 1 aliphatic rings. The Labute approximate surface area is 186 Å². The molecule has 1 aromatic heterocycles. The van der Waals surface area contributed by atoms with Crippen molar-refractivity contribution in [1.29, 1.82) is 0 Å². The zero-order valence-corrected chi connectivity index (χ0v) is 18.7. The van der Waals surface area contributed by atoms with Crippen LogP contribution in [0.5, 0.6) is 0 Å². The molecule has 0 saturated carbocycles. The third-order valence-electron chi connectivity index (χ3n) is 4.21. The lowest BCUT2D eigenvalue weighted by molar-refractivity contribution is -0.112. The number of benzene rings is 1. The van der Waals surface area contributed by atoms with Crippen LogP contribution in [0.1, 0.15) is 15.9 Å². The van der Waals surface area contributed by atoms with Gasteiger partial charge < -0.3 is 15.5 Å². The maximum atomic E-state index is 13.0. The Morgan fingerprint density at radius 1 is 1.24 bits per heavy atom. The standard InChI is InChI=1S/C20H17BrCl2N4O2/c1-11-6-14(22)8-15(20(29)24-2)17(11)26-19(28)12-7-13(21)10-27(9-12)18-16(23)4-3-5-25-18/h3-9H,10H2,1-2H3,(H,24,29)(H,26,28). The normalized spacial score (nSPS) is 13.5. The van der Waals surface area contributed by atoms with Crippen molar-refractivity contribution in [3.8, 4) is 0 Å². The highest BCUT2D eigenvalue weighted by molar-refractivity contribution is 9.11. The van der Waals surface area contributed by atoms with Crippen LogP contribution in [-0.2, 0) is 4.79 Å². The number of hydrogen-bond donors (Lipinski definition) is 2. The highest BCUT2D eigenvalue weighted by Gasteiger charge is 2.22. The van der Waals surface area contributed by atoms with Crippen molar-refractivity contribution in [2.45, 2.75) is 6.92 Å². The van der Waals surface area contributed by atoms with Gasteiger partial charge in [-0.3, -0.25) is 9.59 Å². The number of nitrogens with zero attached hydrogens (tertiary/aromatic N) is 2. The topological polar surface area (TPSA) is 74.3 Å². The van der Waals surface area contributed by atoms with E-state index in [2.05, 4.69) is 31.5 Å². The molecule has 2 N–H and O–H groups in total. The third kappa shape index (κ3) is 4.80. The molecule has 1 aliphatic heterocycles. The Bertz CT molecular complexity index is 1050. The molecule has 3 rings (SSSR count). The number of halogens is 3. The lowest BCUT2D eigenvalue weighted by Crippen LogP contribution is -2.27. The van der Waals surface area contributed by atoms with Crippen molar-refractivity contribution < 1.29 is 9.59 Å². The van der Waals surface area contributed by atoms with Crippen LogP contribution in [0.25, 0.3) is 0 Å². The number of anilines is 2. The number of hydrogen-bond acceptors (Lipinski definition) is 4. The Morgan fingerprint density at radius 3 is 2.69 bits per heavy atom. The van der Waals surface area contributed by atoms with Gasteiger partial charge in [0.15, 0.2) is 5.82 Å². The Kier molecular flexibility index (Phi) is 6.62. The summed E-state index contributed by atoms with van der Waals surface area (Å²) in [5.74, 6) is -0.186. The molecule has 150 valence electrons. The van der Waals surface area contributed by atoms with Crippen LogP contribution in [0.2, 0.25) is 10.0 Å². The van der Waals surface area contributed by atoms with Gasteiger partial charge in [0.25, 0.3) is 11.8 Å². The van der Waals surface area contributed by atoms with Gasteiger partial charge in [0.2, 0.25) is 0 Å². The molecule has 0 aliphatic carbocycles. The van der Waals surface area contributed by atoms with E-state index in [4.69, 9.17) is 23.2 Å². The molecule has 6 nitrogen and oxygen atoms in total. The predicted molar refractivity (Wildman–Crippen MR) is 120 cm³/mol. The number of carbonyl (C=O) groups is 2. The molecule has 0 unspecified atom stereocenters. The first-order chi connectivity index (χ1) is 13.8. The number of aromatic nitrogens is 1. The molecule has 0 radical (unpaired) electrons. The summed E-state index contributed by atoms with van der Waals surface area (Å²) in [5.41, 5.74) is 1.74. The molecule has 2 amide bonds. The summed E-state index contributed by atoms with van der Waals surface area (Å²) in [7, 11) is 1.52. The zero-order valence-electron chi connectivity index (χ0n) is 15.6. The van der Waals surface area contributed by atoms with Crippen LogP contribution in [0.15, 0.2) is 52.8 Å². The van der Waals surface area contributed by atoms with Crippen LogP contribution >= 0.6 is 39.1 Å². The van der Waals surface area contributed by atoms with Crippen LogP contribution in [0.3, 0.4) is 0 Å². The van der Waals surface area contributed by atoms with Crippen LogP contribution < -0.4 is 15.5 Å². The molecule has 0 saturated heterocycles. The molecular formula is C20H17BrCl2N4O2. The van der Waals surface area contributed by atoms with Crippen molar-refractivity contribution in [3.05, 3.63) is 74.0 Å². The van der Waals surface area contributed by atoms with Gasteiger partial charge >= 0.3 is 0 Å².